The van der Waals surface area contributed by atoms with Crippen molar-refractivity contribution < 1.29 is 111 Å². The SMILES string of the molecule is O=C(O)[C@H]1CCCC[C@H]1C(=O)N1CCc2ccccc2[C@H]1CN1C(=O)c2ccccc2C1=O.O=C(O)c1ccccc1C(=O)NC[C@@H]1c2ccccc2CCN1C(=O)[C@@H]1CCCCC1C(=O)O.[K+].[OH-]. The first-order valence-corrected chi connectivity index (χ1v) is 23.1. The van der Waals surface area contributed by atoms with Crippen molar-refractivity contribution in [2.75, 3.05) is 26.2 Å². The number of nitrogens with zero attached hydrogens (tertiary/aromatic N) is 3. The van der Waals surface area contributed by atoms with Crippen LogP contribution in [0.4, 0.5) is 0 Å². The van der Waals surface area contributed by atoms with E-state index in [1.807, 2.05) is 48.5 Å². The molecular formula is C52H55KN4O12. The van der Waals surface area contributed by atoms with Crippen LogP contribution in [0.1, 0.15) is 127 Å². The van der Waals surface area contributed by atoms with Gasteiger partial charge in [0.05, 0.1) is 64.6 Å². The maximum atomic E-state index is 13.7. The smallest absolute Gasteiger partial charge is 0.870 e. The number of carboxylic acid groups (broad SMARTS) is 3. The second-order valence-corrected chi connectivity index (χ2v) is 18.0. The largest absolute Gasteiger partial charge is 1.00 e. The number of carbonyl (C=O) groups is 8. The minimum atomic E-state index is -1.19. The molecule has 356 valence electrons. The third-order valence-electron chi connectivity index (χ3n) is 14.3. The van der Waals surface area contributed by atoms with Gasteiger partial charge >= 0.3 is 69.3 Å². The van der Waals surface area contributed by atoms with Crippen molar-refractivity contribution >= 4 is 47.4 Å². The third-order valence-corrected chi connectivity index (χ3v) is 14.3. The molecule has 0 spiro atoms. The number of aromatic carboxylic acids is 1. The van der Waals surface area contributed by atoms with Crippen LogP contribution in [0.5, 0.6) is 0 Å². The number of benzene rings is 4. The Kier molecular flexibility index (Phi) is 17.9. The van der Waals surface area contributed by atoms with Crippen molar-refractivity contribution in [3.63, 3.8) is 0 Å². The summed E-state index contributed by atoms with van der Waals surface area (Å²) in [5, 5.41) is 31.6. The van der Waals surface area contributed by atoms with E-state index in [9.17, 15) is 53.7 Å². The molecule has 17 heteroatoms. The van der Waals surface area contributed by atoms with Gasteiger partial charge in [-0.05, 0) is 85.0 Å². The fraction of sp³-hybridized carbons (Fsp3) is 0.385. The standard InChI is InChI=1S/C26H28N2O6.C26H26N2O5.K.H2O/c29-23(18-9-3-5-11-20(18)25(31)32)27-15-22-17-8-2-1-7-16(17)13-14-28(22)24(30)19-10-4-6-12-21(19)26(33)34;29-23(20-11-5-6-12-21(20)26(32)33)27-14-13-16-7-1-2-8-17(16)22(27)15-28-24(30)18-9-3-4-10-19(18)25(28)31;;/h1-3,5,7-9,11,19,21-22H,4,6,10,12-15H2,(H,27,29)(H,31,32)(H,33,34);1-4,7-10,20-22H,5-6,11-15H2,(H,32,33);;1H2/q;;+1;/p-1/t19-,21?,22-;20-,21+,22-;;/m11../s1. The van der Waals surface area contributed by atoms with Gasteiger partial charge in [-0.1, -0.05) is 98.5 Å². The van der Waals surface area contributed by atoms with Gasteiger partial charge in [-0.3, -0.25) is 38.5 Å². The number of imide groups is 1. The second-order valence-electron chi connectivity index (χ2n) is 18.0. The molecule has 2 fully saturated rings. The van der Waals surface area contributed by atoms with Crippen LogP contribution in [0.15, 0.2) is 97.1 Å². The Labute approximate surface area is 442 Å². The molecule has 16 nitrogen and oxygen atoms in total. The topological polar surface area (TPSA) is 249 Å². The van der Waals surface area contributed by atoms with Crippen molar-refractivity contribution in [3.8, 4) is 0 Å². The van der Waals surface area contributed by atoms with Crippen molar-refractivity contribution in [3.05, 3.63) is 142 Å². The van der Waals surface area contributed by atoms with E-state index in [1.54, 1.807) is 46.2 Å². The summed E-state index contributed by atoms with van der Waals surface area (Å²) in [6.07, 6.45) is 6.64. The number of carbonyl (C=O) groups excluding carboxylic acids is 5. The molecule has 4 aromatic carbocycles. The number of rotatable bonds is 10. The Morgan fingerprint density at radius 3 is 1.42 bits per heavy atom. The molecule has 0 radical (unpaired) electrons. The van der Waals surface area contributed by atoms with Crippen LogP contribution in [-0.2, 0) is 32.0 Å². The van der Waals surface area contributed by atoms with E-state index in [4.69, 9.17) is 0 Å². The van der Waals surface area contributed by atoms with Crippen LogP contribution in [0.2, 0.25) is 0 Å². The maximum Gasteiger partial charge on any atom is 1.00 e. The Hall–Kier alpha value is -5.56. The molecule has 4 aromatic rings. The number of amides is 5. The van der Waals surface area contributed by atoms with E-state index in [0.717, 1.165) is 47.9 Å². The van der Waals surface area contributed by atoms with Gasteiger partial charge in [0.15, 0.2) is 0 Å². The van der Waals surface area contributed by atoms with E-state index < -0.39 is 59.6 Å². The average Bonchev–Trinajstić information content (AvgIpc) is 3.59. The fourth-order valence-corrected chi connectivity index (χ4v) is 10.8. The summed E-state index contributed by atoms with van der Waals surface area (Å²) in [7, 11) is 0. The summed E-state index contributed by atoms with van der Waals surface area (Å²) in [6, 6.07) is 27.3. The first-order valence-electron chi connectivity index (χ1n) is 23.1. The zero-order valence-electron chi connectivity index (χ0n) is 38.5. The zero-order valence-corrected chi connectivity index (χ0v) is 41.6. The molecule has 6 atom stereocenters. The van der Waals surface area contributed by atoms with Crippen molar-refractivity contribution in [1.82, 2.24) is 20.0 Å². The van der Waals surface area contributed by atoms with E-state index in [0.29, 0.717) is 62.7 Å². The summed E-state index contributed by atoms with van der Waals surface area (Å²) in [6.45, 7) is 1.02. The Morgan fingerprint density at radius 2 is 0.942 bits per heavy atom. The first kappa shape index (κ1) is 52.8. The summed E-state index contributed by atoms with van der Waals surface area (Å²) >= 11 is 0. The van der Waals surface area contributed by atoms with E-state index in [1.165, 1.54) is 17.0 Å². The number of aliphatic carboxylic acids is 2. The normalized spacial score (nSPS) is 22.5. The van der Waals surface area contributed by atoms with Crippen molar-refractivity contribution in [1.29, 1.82) is 0 Å². The average molecular weight is 967 g/mol. The summed E-state index contributed by atoms with van der Waals surface area (Å²) in [5.41, 5.74) is 4.70. The van der Waals surface area contributed by atoms with E-state index in [2.05, 4.69) is 5.32 Å². The molecule has 5 aliphatic rings. The molecule has 0 bridgehead atoms. The third kappa shape index (κ3) is 11.1. The monoisotopic (exact) mass is 966 g/mol. The fourth-order valence-electron chi connectivity index (χ4n) is 10.8. The number of hydrogen-bond acceptors (Lipinski definition) is 9. The van der Waals surface area contributed by atoms with Crippen LogP contribution < -0.4 is 56.7 Å². The molecule has 5 N–H and O–H groups in total. The number of carboxylic acids is 3. The predicted molar refractivity (Wildman–Crippen MR) is 245 cm³/mol. The zero-order chi connectivity index (χ0) is 47.4. The molecule has 3 aliphatic heterocycles. The second kappa shape index (κ2) is 23.4. The Morgan fingerprint density at radius 1 is 0.536 bits per heavy atom. The van der Waals surface area contributed by atoms with Crippen LogP contribution >= 0.6 is 0 Å². The quantitative estimate of drug-likeness (QED) is 0.132. The number of fused-ring (bicyclic) bond motifs is 3. The van der Waals surface area contributed by atoms with Gasteiger partial charge in [0.25, 0.3) is 17.7 Å². The van der Waals surface area contributed by atoms with Crippen LogP contribution in [-0.4, -0.2) is 109 Å². The van der Waals surface area contributed by atoms with Crippen LogP contribution in [0, 0.1) is 23.7 Å². The molecule has 0 aromatic heterocycles. The number of hydrogen-bond donors (Lipinski definition) is 4. The molecular weight excluding hydrogens is 912 g/mol. The minimum Gasteiger partial charge on any atom is -0.870 e. The number of nitrogens with one attached hydrogen (secondary N) is 1. The summed E-state index contributed by atoms with van der Waals surface area (Å²) in [4.78, 5) is 106. The summed E-state index contributed by atoms with van der Waals surface area (Å²) < 4.78 is 0. The van der Waals surface area contributed by atoms with Gasteiger partial charge in [0.1, 0.15) is 0 Å². The molecule has 9 rings (SSSR count). The molecule has 2 saturated carbocycles. The van der Waals surface area contributed by atoms with Gasteiger partial charge in [-0.25, -0.2) is 4.79 Å². The minimum absolute atomic E-state index is 0. The van der Waals surface area contributed by atoms with E-state index in [-0.39, 0.29) is 105 Å². The van der Waals surface area contributed by atoms with Gasteiger partial charge in [-0.15, -0.1) is 0 Å². The van der Waals surface area contributed by atoms with Gasteiger partial charge in [0.2, 0.25) is 11.8 Å². The van der Waals surface area contributed by atoms with Gasteiger partial charge < -0.3 is 35.9 Å². The van der Waals surface area contributed by atoms with E-state index >= 15 is 0 Å². The van der Waals surface area contributed by atoms with Gasteiger partial charge in [-0.2, -0.15) is 0 Å². The summed E-state index contributed by atoms with van der Waals surface area (Å²) in [5.74, 6) is -7.22. The molecule has 69 heavy (non-hydrogen) atoms. The van der Waals surface area contributed by atoms with Crippen molar-refractivity contribution in [2.45, 2.75) is 76.3 Å². The first-order chi connectivity index (χ1) is 32.3. The Balaban J connectivity index is 0.000000220. The van der Waals surface area contributed by atoms with Crippen molar-refractivity contribution in [2.24, 2.45) is 23.7 Å². The molecule has 2 aliphatic carbocycles. The molecule has 3 heterocycles. The van der Waals surface area contributed by atoms with Crippen LogP contribution in [0.3, 0.4) is 0 Å². The predicted octanol–water partition coefficient (Wildman–Crippen LogP) is 3.26. The Bertz CT molecular complexity index is 2590. The van der Waals surface area contributed by atoms with Crippen LogP contribution in [0.25, 0.3) is 0 Å². The molecule has 1 unspecified atom stereocenters. The van der Waals surface area contributed by atoms with Gasteiger partial charge in [0, 0.05) is 19.6 Å². The molecule has 0 saturated heterocycles. The maximum absolute atomic E-state index is 13.7. The molecule has 5 amide bonds.